The molecule has 146 valence electrons. The number of nitrogens with zero attached hydrogens (tertiary/aromatic N) is 1. The van der Waals surface area contributed by atoms with Gasteiger partial charge in [-0.25, -0.2) is 8.42 Å². The SMILES string of the molecule is C[C@@H]1C[C@H](C)CN(S(=O)(=O)c2ccc(NC(=O)CCc3cccs3)cc2)C1. The summed E-state index contributed by atoms with van der Waals surface area (Å²) in [5.74, 6) is 0.661. The number of thiophene rings is 1. The molecule has 7 heteroatoms. The van der Waals surface area contributed by atoms with Gasteiger partial charge in [0, 0.05) is 30.1 Å². The molecule has 3 rings (SSSR count). The maximum atomic E-state index is 12.9. The first-order valence-corrected chi connectivity index (χ1v) is 11.6. The number of rotatable bonds is 6. The summed E-state index contributed by atoms with van der Waals surface area (Å²) < 4.78 is 27.4. The predicted molar refractivity (Wildman–Crippen MR) is 109 cm³/mol. The maximum absolute atomic E-state index is 12.9. The smallest absolute Gasteiger partial charge is 0.243 e. The van der Waals surface area contributed by atoms with E-state index in [0.717, 1.165) is 6.42 Å². The van der Waals surface area contributed by atoms with E-state index >= 15 is 0 Å². The van der Waals surface area contributed by atoms with E-state index in [1.165, 1.54) is 4.88 Å². The van der Waals surface area contributed by atoms with Crippen molar-refractivity contribution in [2.24, 2.45) is 11.8 Å². The highest BCUT2D eigenvalue weighted by Crippen LogP contribution is 2.27. The molecule has 1 amide bonds. The lowest BCUT2D eigenvalue weighted by Crippen LogP contribution is -2.42. The fraction of sp³-hybridized carbons (Fsp3) is 0.450. The summed E-state index contributed by atoms with van der Waals surface area (Å²) in [6.45, 7) is 5.31. The number of hydrogen-bond acceptors (Lipinski definition) is 4. The average Bonchev–Trinajstić information content (AvgIpc) is 3.13. The summed E-state index contributed by atoms with van der Waals surface area (Å²) in [5.41, 5.74) is 0.616. The molecule has 0 bridgehead atoms. The monoisotopic (exact) mass is 406 g/mol. The van der Waals surface area contributed by atoms with Crippen molar-refractivity contribution in [2.75, 3.05) is 18.4 Å². The van der Waals surface area contributed by atoms with Crippen LogP contribution in [0.2, 0.25) is 0 Å². The predicted octanol–water partition coefficient (Wildman–Crippen LogP) is 3.99. The lowest BCUT2D eigenvalue weighted by molar-refractivity contribution is -0.116. The van der Waals surface area contributed by atoms with Gasteiger partial charge >= 0.3 is 0 Å². The van der Waals surface area contributed by atoms with Crippen LogP contribution in [-0.4, -0.2) is 31.7 Å². The van der Waals surface area contributed by atoms with E-state index in [9.17, 15) is 13.2 Å². The van der Waals surface area contributed by atoms with Crippen LogP contribution in [0.3, 0.4) is 0 Å². The minimum Gasteiger partial charge on any atom is -0.326 e. The number of amides is 1. The normalized spacial score (nSPS) is 21.1. The lowest BCUT2D eigenvalue weighted by Gasteiger charge is -2.34. The molecule has 2 atom stereocenters. The van der Waals surface area contributed by atoms with Crippen LogP contribution in [0.15, 0.2) is 46.7 Å². The molecule has 2 heterocycles. The van der Waals surface area contributed by atoms with Crippen molar-refractivity contribution in [1.29, 1.82) is 0 Å². The minimum atomic E-state index is -3.49. The Morgan fingerprint density at radius 3 is 2.41 bits per heavy atom. The molecule has 1 aromatic heterocycles. The molecule has 1 saturated heterocycles. The van der Waals surface area contributed by atoms with Gasteiger partial charge < -0.3 is 5.32 Å². The van der Waals surface area contributed by atoms with E-state index in [0.29, 0.717) is 43.5 Å². The molecule has 5 nitrogen and oxygen atoms in total. The fourth-order valence-corrected chi connectivity index (χ4v) is 5.96. The van der Waals surface area contributed by atoms with Gasteiger partial charge in [-0.15, -0.1) is 11.3 Å². The van der Waals surface area contributed by atoms with Gasteiger partial charge in [-0.05, 0) is 60.4 Å². The third kappa shape index (κ3) is 5.18. The number of piperidine rings is 1. The van der Waals surface area contributed by atoms with Crippen LogP contribution in [0.4, 0.5) is 5.69 Å². The summed E-state index contributed by atoms with van der Waals surface area (Å²) in [5, 5.41) is 4.83. The van der Waals surface area contributed by atoms with Gasteiger partial charge in [0.2, 0.25) is 15.9 Å². The summed E-state index contributed by atoms with van der Waals surface area (Å²) in [6, 6.07) is 10.5. The number of carbonyl (C=O) groups is 1. The fourth-order valence-electron chi connectivity index (χ4n) is 3.58. The van der Waals surface area contributed by atoms with E-state index < -0.39 is 10.0 Å². The van der Waals surface area contributed by atoms with Crippen LogP contribution >= 0.6 is 11.3 Å². The van der Waals surface area contributed by atoms with Crippen LogP contribution in [0.1, 0.15) is 31.6 Å². The molecule has 0 radical (unpaired) electrons. The molecule has 1 fully saturated rings. The second kappa shape index (κ2) is 8.54. The Balaban J connectivity index is 1.61. The van der Waals surface area contributed by atoms with Gasteiger partial charge in [0.05, 0.1) is 4.90 Å². The Morgan fingerprint density at radius 2 is 1.81 bits per heavy atom. The van der Waals surface area contributed by atoms with Crippen molar-refractivity contribution < 1.29 is 13.2 Å². The molecule has 27 heavy (non-hydrogen) atoms. The number of benzene rings is 1. The molecule has 2 aromatic rings. The first-order valence-electron chi connectivity index (χ1n) is 9.27. The highest BCUT2D eigenvalue weighted by atomic mass is 32.2. The van der Waals surface area contributed by atoms with Crippen molar-refractivity contribution in [3.8, 4) is 0 Å². The van der Waals surface area contributed by atoms with E-state index in [1.54, 1.807) is 39.9 Å². The first kappa shape index (κ1) is 20.0. The Kier molecular flexibility index (Phi) is 6.34. The van der Waals surface area contributed by atoms with Crippen molar-refractivity contribution in [3.05, 3.63) is 46.7 Å². The molecule has 0 aliphatic carbocycles. The summed E-state index contributed by atoms with van der Waals surface area (Å²) in [6.07, 6.45) is 2.17. The number of carbonyl (C=O) groups excluding carboxylic acids is 1. The van der Waals surface area contributed by atoms with E-state index in [-0.39, 0.29) is 10.8 Å². The standard InChI is InChI=1S/C20H26N2O3S2/c1-15-12-16(2)14-22(13-15)27(24,25)19-8-5-17(6-9-19)21-20(23)10-7-18-4-3-11-26-18/h3-6,8-9,11,15-16H,7,10,12-14H2,1-2H3,(H,21,23)/t15-,16+. The zero-order chi connectivity index (χ0) is 19.4. The number of sulfonamides is 1. The van der Waals surface area contributed by atoms with Gasteiger partial charge in [-0.3, -0.25) is 4.79 Å². The number of anilines is 1. The second-order valence-electron chi connectivity index (χ2n) is 7.42. The van der Waals surface area contributed by atoms with Crippen LogP contribution in [0.25, 0.3) is 0 Å². The third-order valence-electron chi connectivity index (χ3n) is 4.79. The van der Waals surface area contributed by atoms with Gasteiger partial charge in [0.25, 0.3) is 0 Å². The topological polar surface area (TPSA) is 66.5 Å². The van der Waals surface area contributed by atoms with E-state index in [2.05, 4.69) is 19.2 Å². The average molecular weight is 407 g/mol. The Hall–Kier alpha value is -1.70. The molecule has 1 N–H and O–H groups in total. The zero-order valence-electron chi connectivity index (χ0n) is 15.7. The van der Waals surface area contributed by atoms with Gasteiger partial charge in [-0.2, -0.15) is 4.31 Å². The highest BCUT2D eigenvalue weighted by molar-refractivity contribution is 7.89. The van der Waals surface area contributed by atoms with Crippen LogP contribution in [0.5, 0.6) is 0 Å². The number of nitrogens with one attached hydrogen (secondary N) is 1. The lowest BCUT2D eigenvalue weighted by atomic mass is 9.94. The van der Waals surface area contributed by atoms with Crippen molar-refractivity contribution >= 4 is 33.0 Å². The quantitative estimate of drug-likeness (QED) is 0.789. The Bertz CT molecular complexity index is 851. The van der Waals surface area contributed by atoms with Crippen molar-refractivity contribution in [1.82, 2.24) is 4.31 Å². The molecule has 0 unspecified atom stereocenters. The highest BCUT2D eigenvalue weighted by Gasteiger charge is 2.31. The van der Waals surface area contributed by atoms with Gasteiger partial charge in [-0.1, -0.05) is 19.9 Å². The van der Waals surface area contributed by atoms with E-state index in [4.69, 9.17) is 0 Å². The molecular formula is C20H26N2O3S2. The number of hydrogen-bond donors (Lipinski definition) is 1. The maximum Gasteiger partial charge on any atom is 0.243 e. The second-order valence-corrected chi connectivity index (χ2v) is 10.4. The molecule has 0 spiro atoms. The zero-order valence-corrected chi connectivity index (χ0v) is 17.4. The van der Waals surface area contributed by atoms with Crippen LogP contribution in [0, 0.1) is 11.8 Å². The largest absolute Gasteiger partial charge is 0.326 e. The first-order chi connectivity index (χ1) is 12.8. The number of aryl methyl sites for hydroxylation is 1. The van der Waals surface area contributed by atoms with Crippen molar-refractivity contribution in [3.63, 3.8) is 0 Å². The summed E-state index contributed by atoms with van der Waals surface area (Å²) in [4.78, 5) is 13.5. The molecule has 1 aromatic carbocycles. The molecule has 0 saturated carbocycles. The minimum absolute atomic E-state index is 0.0716. The Morgan fingerprint density at radius 1 is 1.15 bits per heavy atom. The summed E-state index contributed by atoms with van der Waals surface area (Å²) >= 11 is 1.64. The van der Waals surface area contributed by atoms with Gasteiger partial charge in [0.15, 0.2) is 0 Å². The van der Waals surface area contributed by atoms with Crippen molar-refractivity contribution in [2.45, 2.75) is 38.0 Å². The molecule has 1 aliphatic rings. The van der Waals surface area contributed by atoms with Crippen LogP contribution < -0.4 is 5.32 Å². The van der Waals surface area contributed by atoms with E-state index in [1.807, 2.05) is 17.5 Å². The van der Waals surface area contributed by atoms with Gasteiger partial charge in [0.1, 0.15) is 0 Å². The molecular weight excluding hydrogens is 380 g/mol. The summed E-state index contributed by atoms with van der Waals surface area (Å²) in [7, 11) is -3.49. The van der Waals surface area contributed by atoms with Crippen LogP contribution in [-0.2, 0) is 21.2 Å². The Labute approximate surface area is 165 Å². The third-order valence-corrected chi connectivity index (χ3v) is 7.57. The molecule has 1 aliphatic heterocycles.